The first-order chi connectivity index (χ1) is 18.7. The van der Waals surface area contributed by atoms with Gasteiger partial charge < -0.3 is 10.2 Å². The number of hydrogen-bond acceptors (Lipinski definition) is 6. The maximum Gasteiger partial charge on any atom is 0.120 e. The Morgan fingerprint density at radius 3 is 1.37 bits per heavy atom. The molecule has 2 N–H and O–H groups in total. The Morgan fingerprint density at radius 1 is 0.526 bits per heavy atom. The van der Waals surface area contributed by atoms with Gasteiger partial charge in [0.15, 0.2) is 0 Å². The van der Waals surface area contributed by atoms with Crippen LogP contribution >= 0.6 is 23.5 Å². The summed E-state index contributed by atoms with van der Waals surface area (Å²) in [5.41, 5.74) is 4.57. The van der Waals surface area contributed by atoms with Crippen molar-refractivity contribution in [1.29, 1.82) is 0 Å². The number of benzene rings is 4. The number of para-hydroxylation sites is 2. The van der Waals surface area contributed by atoms with E-state index in [9.17, 15) is 10.2 Å². The predicted molar refractivity (Wildman–Crippen MR) is 159 cm³/mol. The Bertz CT molecular complexity index is 1240. The van der Waals surface area contributed by atoms with Crippen molar-refractivity contribution in [2.75, 3.05) is 24.6 Å². The second-order valence-electron chi connectivity index (χ2n) is 9.59. The number of hydrogen-bond donors (Lipinski definition) is 2. The maximum atomic E-state index is 10.4. The van der Waals surface area contributed by atoms with E-state index in [2.05, 4.69) is 58.3 Å². The van der Waals surface area contributed by atoms with Gasteiger partial charge in [0.1, 0.15) is 11.5 Å². The molecule has 0 aromatic heterocycles. The van der Waals surface area contributed by atoms with Crippen molar-refractivity contribution >= 4 is 23.5 Å². The van der Waals surface area contributed by atoms with E-state index in [-0.39, 0.29) is 0 Å². The fourth-order valence-corrected chi connectivity index (χ4v) is 6.92. The van der Waals surface area contributed by atoms with Gasteiger partial charge in [-0.2, -0.15) is 0 Å². The number of thioether (sulfide) groups is 2. The van der Waals surface area contributed by atoms with Crippen molar-refractivity contribution < 1.29 is 10.2 Å². The van der Waals surface area contributed by atoms with Crippen molar-refractivity contribution in [1.82, 2.24) is 9.80 Å². The maximum absolute atomic E-state index is 10.4. The lowest BCUT2D eigenvalue weighted by molar-refractivity contribution is 0.265. The van der Waals surface area contributed by atoms with Gasteiger partial charge in [0, 0.05) is 71.7 Å². The van der Waals surface area contributed by atoms with Gasteiger partial charge in [-0.3, -0.25) is 9.80 Å². The smallest absolute Gasteiger partial charge is 0.120 e. The molecule has 0 aliphatic carbocycles. The van der Waals surface area contributed by atoms with Crippen LogP contribution < -0.4 is 0 Å². The summed E-state index contributed by atoms with van der Waals surface area (Å²) in [6.07, 6.45) is 0. The zero-order chi connectivity index (χ0) is 26.2. The molecule has 0 atom stereocenters. The van der Waals surface area contributed by atoms with E-state index >= 15 is 0 Å². The number of aromatic hydroxyl groups is 2. The highest BCUT2D eigenvalue weighted by Gasteiger charge is 2.16. The normalized spacial score (nSPS) is 15.8. The van der Waals surface area contributed by atoms with E-state index in [1.54, 1.807) is 12.1 Å². The van der Waals surface area contributed by atoms with E-state index in [1.165, 1.54) is 20.9 Å². The van der Waals surface area contributed by atoms with Crippen molar-refractivity contribution in [3.05, 3.63) is 119 Å². The molecular weight excluding hydrogens is 508 g/mol. The Hall–Kier alpha value is -2.90. The molecule has 6 heteroatoms. The highest BCUT2D eigenvalue weighted by atomic mass is 32.2. The molecule has 38 heavy (non-hydrogen) atoms. The van der Waals surface area contributed by atoms with Gasteiger partial charge >= 0.3 is 0 Å². The molecule has 196 valence electrons. The van der Waals surface area contributed by atoms with Gasteiger partial charge in [0.05, 0.1) is 0 Å². The van der Waals surface area contributed by atoms with Crippen LogP contribution in [-0.2, 0) is 26.2 Å². The van der Waals surface area contributed by atoms with E-state index < -0.39 is 0 Å². The van der Waals surface area contributed by atoms with Crippen LogP contribution in [0, 0.1) is 0 Å². The number of phenols is 2. The van der Waals surface area contributed by atoms with Gasteiger partial charge in [0.25, 0.3) is 0 Å². The van der Waals surface area contributed by atoms with Crippen LogP contribution in [0.25, 0.3) is 0 Å². The molecular formula is C32H34N2O2S2. The van der Waals surface area contributed by atoms with Crippen molar-refractivity contribution in [3.63, 3.8) is 0 Å². The lowest BCUT2D eigenvalue weighted by atomic mass is 10.1. The van der Waals surface area contributed by atoms with Crippen molar-refractivity contribution in [3.8, 4) is 11.5 Å². The summed E-state index contributed by atoms with van der Waals surface area (Å²) in [5.74, 6) is 2.63. The third-order valence-corrected chi connectivity index (χ3v) is 9.03. The van der Waals surface area contributed by atoms with Crippen LogP contribution in [0.15, 0.2) is 107 Å². The van der Waals surface area contributed by atoms with Gasteiger partial charge in [-0.25, -0.2) is 0 Å². The molecule has 4 aromatic rings. The number of phenolic OH excluding ortho intramolecular Hbond substituents is 2. The van der Waals surface area contributed by atoms with Crippen LogP contribution in [0.2, 0.25) is 0 Å². The summed E-state index contributed by atoms with van der Waals surface area (Å²) in [4.78, 5) is 7.51. The minimum Gasteiger partial charge on any atom is -0.508 e. The Morgan fingerprint density at radius 2 is 0.921 bits per heavy atom. The number of nitrogens with zero attached hydrogens (tertiary/aromatic N) is 2. The van der Waals surface area contributed by atoms with Crippen LogP contribution in [0.4, 0.5) is 0 Å². The minimum absolute atomic E-state index is 0.358. The molecule has 0 amide bonds. The standard InChI is InChI=1S/C32H34N2O2S2/c35-29-13-5-1-9-25(29)21-33-17-19-37-32-16-8-4-12-28(32)24-34(22-26-10-2-6-14-30(26)36)18-20-38-31-15-7-3-11-27(31)23-33/h1-16,35-36H,17-24H2. The van der Waals surface area contributed by atoms with Crippen molar-refractivity contribution in [2.24, 2.45) is 0 Å². The van der Waals surface area contributed by atoms with Gasteiger partial charge in [-0.1, -0.05) is 72.8 Å². The molecule has 0 unspecified atom stereocenters. The second kappa shape index (κ2) is 13.3. The summed E-state index contributed by atoms with van der Waals surface area (Å²) in [6.45, 7) is 4.91. The topological polar surface area (TPSA) is 46.9 Å². The third kappa shape index (κ3) is 7.14. The summed E-state index contributed by atoms with van der Waals surface area (Å²) >= 11 is 3.80. The average Bonchev–Trinajstić information content (AvgIpc) is 2.92. The highest BCUT2D eigenvalue weighted by Crippen LogP contribution is 2.30. The highest BCUT2D eigenvalue weighted by molar-refractivity contribution is 7.99. The van der Waals surface area contributed by atoms with Gasteiger partial charge in [-0.05, 0) is 35.4 Å². The van der Waals surface area contributed by atoms with E-state index in [0.29, 0.717) is 24.6 Å². The zero-order valence-corrected chi connectivity index (χ0v) is 23.1. The Kier molecular flexibility index (Phi) is 9.31. The molecule has 0 saturated heterocycles. The molecule has 0 bridgehead atoms. The fourth-order valence-electron chi connectivity index (χ4n) is 4.80. The van der Waals surface area contributed by atoms with Gasteiger partial charge in [-0.15, -0.1) is 23.5 Å². The lowest BCUT2D eigenvalue weighted by Crippen LogP contribution is -2.27. The molecule has 4 aromatic carbocycles. The summed E-state index contributed by atoms with van der Waals surface area (Å²) < 4.78 is 0. The van der Waals surface area contributed by atoms with E-state index in [1.807, 2.05) is 59.9 Å². The molecule has 1 aliphatic heterocycles. The number of fused-ring (bicyclic) bond motifs is 2. The molecule has 4 nitrogen and oxygen atoms in total. The lowest BCUT2D eigenvalue weighted by Gasteiger charge is -2.27. The minimum atomic E-state index is 0.358. The predicted octanol–water partition coefficient (Wildman–Crippen LogP) is 7.00. The Balaban J connectivity index is 1.41. The van der Waals surface area contributed by atoms with Crippen LogP contribution in [0.5, 0.6) is 11.5 Å². The van der Waals surface area contributed by atoms with E-state index in [0.717, 1.165) is 48.8 Å². The van der Waals surface area contributed by atoms with Crippen LogP contribution in [0.1, 0.15) is 22.3 Å². The van der Waals surface area contributed by atoms with E-state index in [4.69, 9.17) is 0 Å². The molecule has 5 rings (SSSR count). The summed E-state index contributed by atoms with van der Waals surface area (Å²) in [7, 11) is 0. The van der Waals surface area contributed by atoms with Crippen LogP contribution in [-0.4, -0.2) is 44.6 Å². The third-order valence-electron chi connectivity index (χ3n) is 6.83. The monoisotopic (exact) mass is 542 g/mol. The molecule has 0 saturated carbocycles. The SMILES string of the molecule is Oc1ccccc1CN1CCSc2ccccc2CN(Cc2ccccc2O)CCSc2ccccc2C1. The Labute approximate surface area is 234 Å². The van der Waals surface area contributed by atoms with Crippen molar-refractivity contribution in [2.45, 2.75) is 36.0 Å². The first-order valence-electron chi connectivity index (χ1n) is 13.1. The summed E-state index contributed by atoms with van der Waals surface area (Å²) in [6, 6.07) is 32.7. The molecule has 1 aliphatic rings. The largest absolute Gasteiger partial charge is 0.508 e. The molecule has 0 fully saturated rings. The fraction of sp³-hybridized carbons (Fsp3) is 0.250. The molecule has 0 spiro atoms. The number of rotatable bonds is 4. The molecule has 1 heterocycles. The zero-order valence-electron chi connectivity index (χ0n) is 21.5. The van der Waals surface area contributed by atoms with Crippen LogP contribution in [0.3, 0.4) is 0 Å². The first kappa shape index (κ1) is 26.7. The molecule has 0 radical (unpaired) electrons. The quantitative estimate of drug-likeness (QED) is 0.290. The summed E-state index contributed by atoms with van der Waals surface area (Å²) in [5, 5.41) is 20.9. The average molecular weight is 543 g/mol. The van der Waals surface area contributed by atoms with Gasteiger partial charge in [0.2, 0.25) is 0 Å². The second-order valence-corrected chi connectivity index (χ2v) is 11.9. The first-order valence-corrected chi connectivity index (χ1v) is 15.0.